The first-order valence-electron chi connectivity index (χ1n) is 7.35. The molecule has 2 bridgehead atoms. The molecule has 2 saturated heterocycles. The lowest BCUT2D eigenvalue weighted by molar-refractivity contribution is 0.0300. The first-order valence-corrected chi connectivity index (χ1v) is 7.35. The van der Waals surface area contributed by atoms with Crippen molar-refractivity contribution >= 4 is 11.6 Å². The summed E-state index contributed by atoms with van der Waals surface area (Å²) >= 11 is 0. The van der Waals surface area contributed by atoms with E-state index in [0.717, 1.165) is 56.3 Å². The highest BCUT2D eigenvalue weighted by Crippen LogP contribution is 2.36. The summed E-state index contributed by atoms with van der Waals surface area (Å²) in [7, 11) is 1.67. The summed E-state index contributed by atoms with van der Waals surface area (Å²) in [5, 5.41) is 3.30. The zero-order valence-electron chi connectivity index (χ0n) is 12.1. The molecule has 2 aliphatic rings. The smallest absolute Gasteiger partial charge is 0.204 e. The summed E-state index contributed by atoms with van der Waals surface area (Å²) < 4.78 is 11.4. The maximum atomic E-state index is 5.88. The lowest BCUT2D eigenvalue weighted by Gasteiger charge is -2.33. The van der Waals surface area contributed by atoms with E-state index in [0.29, 0.717) is 12.2 Å². The van der Waals surface area contributed by atoms with Crippen LogP contribution >= 0.6 is 0 Å². The summed E-state index contributed by atoms with van der Waals surface area (Å²) in [5.74, 6) is 2.39. The van der Waals surface area contributed by atoms with Gasteiger partial charge in [0.1, 0.15) is 6.33 Å². The number of hydrogen-bond donors (Lipinski definition) is 1. The van der Waals surface area contributed by atoms with Crippen molar-refractivity contribution in [3.8, 4) is 5.75 Å². The van der Waals surface area contributed by atoms with Crippen molar-refractivity contribution < 1.29 is 9.47 Å². The van der Waals surface area contributed by atoms with Gasteiger partial charge in [0.25, 0.3) is 0 Å². The molecule has 2 atom stereocenters. The van der Waals surface area contributed by atoms with Crippen LogP contribution in [0.1, 0.15) is 26.2 Å². The Morgan fingerprint density at radius 2 is 2.10 bits per heavy atom. The summed E-state index contributed by atoms with van der Waals surface area (Å²) in [6.07, 6.45) is 5.61. The molecule has 0 aromatic carbocycles. The van der Waals surface area contributed by atoms with E-state index in [9.17, 15) is 0 Å². The molecule has 2 fully saturated rings. The van der Waals surface area contributed by atoms with Crippen LogP contribution in [-0.4, -0.2) is 48.9 Å². The van der Waals surface area contributed by atoms with Gasteiger partial charge in [-0.15, -0.1) is 0 Å². The van der Waals surface area contributed by atoms with Gasteiger partial charge in [-0.05, 0) is 19.3 Å². The van der Waals surface area contributed by atoms with E-state index >= 15 is 0 Å². The lowest BCUT2D eigenvalue weighted by atomic mass is 10.2. The molecular formula is C14H22N4O2. The first-order chi connectivity index (χ1) is 9.81. The molecule has 0 spiro atoms. The Bertz CT molecular complexity index is 456. The van der Waals surface area contributed by atoms with Gasteiger partial charge >= 0.3 is 0 Å². The molecule has 6 heteroatoms. The standard InChI is InChI=1S/C14H22N4O2/c1-3-6-15-13-12(19-2)14(17-9-16-13)18-7-10-4-5-11(8-18)20-10/h9-11H,3-8H2,1-2H3,(H,15,16,17). The number of rotatable bonds is 5. The monoisotopic (exact) mass is 278 g/mol. The van der Waals surface area contributed by atoms with Crippen LogP contribution in [0.25, 0.3) is 0 Å². The third-order valence-electron chi connectivity index (χ3n) is 3.87. The molecule has 1 N–H and O–H groups in total. The molecule has 0 saturated carbocycles. The maximum absolute atomic E-state index is 5.88. The summed E-state index contributed by atoms with van der Waals surface area (Å²) in [4.78, 5) is 11.0. The highest BCUT2D eigenvalue weighted by atomic mass is 16.5. The van der Waals surface area contributed by atoms with Gasteiger partial charge in [0.15, 0.2) is 11.6 Å². The number of hydrogen-bond acceptors (Lipinski definition) is 6. The minimum atomic E-state index is 0.334. The van der Waals surface area contributed by atoms with Gasteiger partial charge in [0, 0.05) is 19.6 Å². The molecule has 2 aliphatic heterocycles. The minimum Gasteiger partial charge on any atom is -0.490 e. The third kappa shape index (κ3) is 2.52. The predicted octanol–water partition coefficient (Wildman–Crippen LogP) is 1.67. The molecule has 2 unspecified atom stereocenters. The van der Waals surface area contributed by atoms with Crippen LogP contribution in [0.5, 0.6) is 5.75 Å². The summed E-state index contributed by atoms with van der Waals surface area (Å²) in [6, 6.07) is 0. The number of ether oxygens (including phenoxy) is 2. The zero-order chi connectivity index (χ0) is 13.9. The molecule has 0 amide bonds. The van der Waals surface area contributed by atoms with E-state index in [-0.39, 0.29) is 0 Å². The number of methoxy groups -OCH3 is 1. The van der Waals surface area contributed by atoms with Crippen molar-refractivity contribution in [2.24, 2.45) is 0 Å². The Kier molecular flexibility index (Phi) is 3.91. The van der Waals surface area contributed by atoms with E-state index in [1.165, 1.54) is 0 Å². The average Bonchev–Trinajstić information content (AvgIpc) is 2.83. The second-order valence-corrected chi connectivity index (χ2v) is 5.37. The normalized spacial score (nSPS) is 24.8. The highest BCUT2D eigenvalue weighted by Gasteiger charge is 2.35. The van der Waals surface area contributed by atoms with Gasteiger partial charge in [-0.3, -0.25) is 0 Å². The highest BCUT2D eigenvalue weighted by molar-refractivity contribution is 5.65. The zero-order valence-corrected chi connectivity index (χ0v) is 12.1. The van der Waals surface area contributed by atoms with E-state index in [4.69, 9.17) is 9.47 Å². The number of nitrogens with zero attached hydrogens (tertiary/aromatic N) is 3. The Labute approximate surface area is 119 Å². The van der Waals surface area contributed by atoms with Gasteiger partial charge in [-0.25, -0.2) is 9.97 Å². The van der Waals surface area contributed by atoms with Crippen LogP contribution in [0.4, 0.5) is 11.6 Å². The maximum Gasteiger partial charge on any atom is 0.204 e. The van der Waals surface area contributed by atoms with Gasteiger partial charge in [-0.1, -0.05) is 6.92 Å². The fourth-order valence-electron chi connectivity index (χ4n) is 2.93. The number of anilines is 2. The molecule has 6 nitrogen and oxygen atoms in total. The molecule has 3 rings (SSSR count). The van der Waals surface area contributed by atoms with Crippen molar-refractivity contribution in [1.29, 1.82) is 0 Å². The van der Waals surface area contributed by atoms with Crippen molar-refractivity contribution in [2.45, 2.75) is 38.4 Å². The predicted molar refractivity (Wildman–Crippen MR) is 77.5 cm³/mol. The molecule has 1 aromatic rings. The molecule has 20 heavy (non-hydrogen) atoms. The SMILES string of the molecule is CCCNc1ncnc(N2CC3CCC(C2)O3)c1OC. The Balaban J connectivity index is 1.84. The molecule has 3 heterocycles. The fourth-order valence-corrected chi connectivity index (χ4v) is 2.93. The number of fused-ring (bicyclic) bond motifs is 2. The Hall–Kier alpha value is -1.56. The molecule has 110 valence electrons. The van der Waals surface area contributed by atoms with E-state index in [1.807, 2.05) is 0 Å². The van der Waals surface area contributed by atoms with Gasteiger partial charge in [-0.2, -0.15) is 0 Å². The van der Waals surface area contributed by atoms with Crippen LogP contribution in [-0.2, 0) is 4.74 Å². The van der Waals surface area contributed by atoms with E-state index in [2.05, 4.69) is 27.1 Å². The second kappa shape index (κ2) is 5.83. The number of nitrogens with one attached hydrogen (secondary N) is 1. The van der Waals surface area contributed by atoms with Crippen LogP contribution in [0.3, 0.4) is 0 Å². The largest absolute Gasteiger partial charge is 0.490 e. The first kappa shape index (κ1) is 13.4. The van der Waals surface area contributed by atoms with Crippen LogP contribution in [0, 0.1) is 0 Å². The van der Waals surface area contributed by atoms with E-state index in [1.54, 1.807) is 13.4 Å². The van der Waals surface area contributed by atoms with Crippen LogP contribution < -0.4 is 15.0 Å². The van der Waals surface area contributed by atoms with Crippen molar-refractivity contribution in [3.05, 3.63) is 6.33 Å². The van der Waals surface area contributed by atoms with Gasteiger partial charge in [0.2, 0.25) is 5.75 Å². The molecular weight excluding hydrogens is 256 g/mol. The van der Waals surface area contributed by atoms with Crippen molar-refractivity contribution in [1.82, 2.24) is 9.97 Å². The lowest BCUT2D eigenvalue weighted by Crippen LogP contribution is -2.43. The average molecular weight is 278 g/mol. The Morgan fingerprint density at radius 1 is 1.35 bits per heavy atom. The van der Waals surface area contributed by atoms with E-state index < -0.39 is 0 Å². The second-order valence-electron chi connectivity index (χ2n) is 5.37. The molecule has 1 aromatic heterocycles. The fraction of sp³-hybridized carbons (Fsp3) is 0.714. The van der Waals surface area contributed by atoms with Crippen LogP contribution in [0.2, 0.25) is 0 Å². The number of morpholine rings is 1. The van der Waals surface area contributed by atoms with Crippen LogP contribution in [0.15, 0.2) is 6.33 Å². The quantitative estimate of drug-likeness (QED) is 0.884. The molecule has 0 radical (unpaired) electrons. The topological polar surface area (TPSA) is 59.5 Å². The number of aromatic nitrogens is 2. The van der Waals surface area contributed by atoms with Gasteiger partial charge in [0.05, 0.1) is 19.3 Å². The third-order valence-corrected chi connectivity index (χ3v) is 3.87. The summed E-state index contributed by atoms with van der Waals surface area (Å²) in [6.45, 7) is 4.77. The Morgan fingerprint density at radius 3 is 2.75 bits per heavy atom. The summed E-state index contributed by atoms with van der Waals surface area (Å²) in [5.41, 5.74) is 0. The molecule has 0 aliphatic carbocycles. The van der Waals surface area contributed by atoms with Crippen molar-refractivity contribution in [3.63, 3.8) is 0 Å². The van der Waals surface area contributed by atoms with Gasteiger partial charge < -0.3 is 19.7 Å². The minimum absolute atomic E-state index is 0.334. The van der Waals surface area contributed by atoms with Crippen molar-refractivity contribution in [2.75, 3.05) is 37.0 Å².